The van der Waals surface area contributed by atoms with Gasteiger partial charge < -0.3 is 14.3 Å². The van der Waals surface area contributed by atoms with Gasteiger partial charge in [-0.2, -0.15) is 4.98 Å². The number of rotatable bonds is 5. The van der Waals surface area contributed by atoms with Crippen LogP contribution >= 0.6 is 0 Å². The van der Waals surface area contributed by atoms with Gasteiger partial charge in [0.05, 0.1) is 11.9 Å². The van der Waals surface area contributed by atoms with Crippen LogP contribution in [0.15, 0.2) is 82.5 Å². The van der Waals surface area contributed by atoms with Crippen LogP contribution in [0.1, 0.15) is 6.92 Å². The summed E-state index contributed by atoms with van der Waals surface area (Å²) in [6.07, 6.45) is 4.29. The molecule has 0 amide bonds. The monoisotopic (exact) mass is 524 g/mol. The van der Waals surface area contributed by atoms with E-state index in [9.17, 15) is 9.18 Å². The lowest BCUT2D eigenvalue weighted by molar-refractivity contribution is 0.431. The van der Waals surface area contributed by atoms with E-state index in [1.54, 1.807) is 13.2 Å². The molecule has 1 aromatic carbocycles. The molecular weight excluding hydrogens is 499 g/mol. The highest BCUT2D eigenvalue weighted by Crippen LogP contribution is 2.27. The minimum atomic E-state index is -0.515. The molecular formula is C28H25FN8O2. The molecule has 0 unspecified atom stereocenters. The SMILES string of the molecule is C[C@@H]1CN(c2ccc(-c3noc(-c4ccccn4)n3)cc2)CCN1c1nc(-c2ccncc2F)cc(=O)n1C. The molecule has 1 aliphatic rings. The van der Waals surface area contributed by atoms with Crippen LogP contribution < -0.4 is 15.4 Å². The van der Waals surface area contributed by atoms with Crippen LogP contribution in [0.4, 0.5) is 16.0 Å². The number of hydrogen-bond donors (Lipinski definition) is 0. The van der Waals surface area contributed by atoms with Gasteiger partial charge in [-0.3, -0.25) is 19.3 Å². The Morgan fingerprint density at radius 1 is 1.00 bits per heavy atom. The molecule has 0 bridgehead atoms. The van der Waals surface area contributed by atoms with Gasteiger partial charge >= 0.3 is 0 Å². The predicted molar refractivity (Wildman–Crippen MR) is 145 cm³/mol. The van der Waals surface area contributed by atoms with Crippen LogP contribution in [0.25, 0.3) is 34.2 Å². The fourth-order valence-electron chi connectivity index (χ4n) is 4.75. The number of hydrogen-bond acceptors (Lipinski definition) is 9. The molecule has 0 aliphatic carbocycles. The van der Waals surface area contributed by atoms with Crippen LogP contribution in [-0.2, 0) is 7.05 Å². The summed E-state index contributed by atoms with van der Waals surface area (Å²) >= 11 is 0. The maximum Gasteiger partial charge on any atom is 0.276 e. The second-order valence-corrected chi connectivity index (χ2v) is 9.37. The highest BCUT2D eigenvalue weighted by molar-refractivity contribution is 5.63. The van der Waals surface area contributed by atoms with Crippen molar-refractivity contribution in [2.75, 3.05) is 29.4 Å². The van der Waals surface area contributed by atoms with E-state index < -0.39 is 5.82 Å². The zero-order chi connectivity index (χ0) is 26.9. The normalized spacial score (nSPS) is 15.5. The second kappa shape index (κ2) is 10.1. The summed E-state index contributed by atoms with van der Waals surface area (Å²) in [6, 6.07) is 16.5. The fourth-order valence-corrected chi connectivity index (χ4v) is 4.75. The van der Waals surface area contributed by atoms with Crippen molar-refractivity contribution >= 4 is 11.6 Å². The van der Waals surface area contributed by atoms with Crippen LogP contribution in [0.5, 0.6) is 0 Å². The van der Waals surface area contributed by atoms with Gasteiger partial charge in [-0.25, -0.2) is 9.37 Å². The first-order chi connectivity index (χ1) is 19.0. The Kier molecular flexibility index (Phi) is 6.31. The average Bonchev–Trinajstić information content (AvgIpc) is 3.46. The van der Waals surface area contributed by atoms with Crippen LogP contribution in [0.2, 0.25) is 0 Å². The minimum Gasteiger partial charge on any atom is -0.368 e. The number of anilines is 2. The van der Waals surface area contributed by atoms with E-state index >= 15 is 0 Å². The molecule has 1 saturated heterocycles. The largest absolute Gasteiger partial charge is 0.368 e. The van der Waals surface area contributed by atoms with E-state index in [1.807, 2.05) is 42.5 Å². The molecule has 1 atom stereocenters. The Morgan fingerprint density at radius 2 is 1.85 bits per heavy atom. The summed E-state index contributed by atoms with van der Waals surface area (Å²) in [5.74, 6) is 0.868. The van der Waals surface area contributed by atoms with Crippen LogP contribution in [0.3, 0.4) is 0 Å². The van der Waals surface area contributed by atoms with Crippen molar-refractivity contribution in [1.29, 1.82) is 0 Å². The standard InChI is InChI=1S/C28H25FN8O2/c1-18-17-36(20-8-6-19(7-9-20)26-33-27(39-34-26)23-5-3-4-11-31-23)13-14-37(18)28-32-24(15-25(38)35(28)2)21-10-12-30-16-22(21)29/h3-12,15-16,18H,13-14,17H2,1-2H3/t18-/m1/s1. The Morgan fingerprint density at radius 3 is 2.59 bits per heavy atom. The van der Waals surface area contributed by atoms with E-state index in [2.05, 4.69) is 41.8 Å². The average molecular weight is 525 g/mol. The Balaban J connectivity index is 1.19. The predicted octanol–water partition coefficient (Wildman–Crippen LogP) is 3.81. The number of halogens is 1. The Bertz CT molecular complexity index is 1670. The molecule has 4 aromatic heterocycles. The number of piperazine rings is 1. The molecule has 0 N–H and O–H groups in total. The molecule has 5 aromatic rings. The number of pyridine rings is 2. The molecule has 11 heteroatoms. The zero-order valence-electron chi connectivity index (χ0n) is 21.4. The molecule has 39 heavy (non-hydrogen) atoms. The van der Waals surface area contributed by atoms with Gasteiger partial charge in [-0.1, -0.05) is 11.2 Å². The third-order valence-electron chi connectivity index (χ3n) is 6.84. The van der Waals surface area contributed by atoms with Crippen molar-refractivity contribution < 1.29 is 8.91 Å². The molecule has 196 valence electrons. The van der Waals surface area contributed by atoms with E-state index in [0.29, 0.717) is 35.6 Å². The van der Waals surface area contributed by atoms with Gasteiger partial charge in [0.25, 0.3) is 11.4 Å². The molecule has 1 aliphatic heterocycles. The summed E-state index contributed by atoms with van der Waals surface area (Å²) in [5, 5.41) is 4.10. The molecule has 10 nitrogen and oxygen atoms in total. The van der Waals surface area contributed by atoms with Crippen molar-refractivity contribution in [3.05, 3.63) is 89.4 Å². The summed E-state index contributed by atoms with van der Waals surface area (Å²) in [5.41, 5.74) is 2.84. The smallest absolute Gasteiger partial charge is 0.276 e. The van der Waals surface area contributed by atoms with Gasteiger partial charge in [0, 0.05) is 68.0 Å². The Labute approximate surface area is 223 Å². The van der Waals surface area contributed by atoms with E-state index in [0.717, 1.165) is 30.5 Å². The van der Waals surface area contributed by atoms with Gasteiger partial charge in [0.1, 0.15) is 5.69 Å². The number of aromatic nitrogens is 6. The summed E-state index contributed by atoms with van der Waals surface area (Å²) in [6.45, 7) is 4.17. The third-order valence-corrected chi connectivity index (χ3v) is 6.84. The molecule has 1 fully saturated rings. The molecule has 0 radical (unpaired) electrons. The Hall–Kier alpha value is -4.93. The van der Waals surface area contributed by atoms with Crippen molar-refractivity contribution in [2.45, 2.75) is 13.0 Å². The zero-order valence-corrected chi connectivity index (χ0v) is 21.4. The lowest BCUT2D eigenvalue weighted by Gasteiger charge is -2.42. The molecule has 0 spiro atoms. The molecule has 6 rings (SSSR count). The highest BCUT2D eigenvalue weighted by atomic mass is 19.1. The van der Waals surface area contributed by atoms with E-state index in [-0.39, 0.29) is 17.2 Å². The quantitative estimate of drug-likeness (QED) is 0.339. The third kappa shape index (κ3) is 4.74. The molecule has 0 saturated carbocycles. The van der Waals surface area contributed by atoms with Crippen molar-refractivity contribution in [1.82, 2.24) is 29.7 Å². The van der Waals surface area contributed by atoms with E-state index in [4.69, 9.17) is 4.52 Å². The first-order valence-electron chi connectivity index (χ1n) is 12.5. The van der Waals surface area contributed by atoms with Crippen molar-refractivity contribution in [3.8, 4) is 34.2 Å². The number of nitrogens with zero attached hydrogens (tertiary/aromatic N) is 8. The first kappa shape index (κ1) is 24.4. The van der Waals surface area contributed by atoms with Crippen LogP contribution in [-0.4, -0.2) is 55.3 Å². The van der Waals surface area contributed by atoms with Gasteiger partial charge in [-0.05, 0) is 49.4 Å². The van der Waals surface area contributed by atoms with Gasteiger partial charge in [-0.15, -0.1) is 0 Å². The summed E-state index contributed by atoms with van der Waals surface area (Å²) < 4.78 is 21.3. The maximum absolute atomic E-state index is 14.4. The second-order valence-electron chi connectivity index (χ2n) is 9.37. The first-order valence-corrected chi connectivity index (χ1v) is 12.5. The molecule has 5 heterocycles. The van der Waals surface area contributed by atoms with Crippen LogP contribution in [0, 0.1) is 5.82 Å². The maximum atomic E-state index is 14.4. The fraction of sp³-hybridized carbons (Fsp3) is 0.214. The van der Waals surface area contributed by atoms with Crippen molar-refractivity contribution in [3.63, 3.8) is 0 Å². The summed E-state index contributed by atoms with van der Waals surface area (Å²) in [4.78, 5) is 34.3. The lowest BCUT2D eigenvalue weighted by atomic mass is 10.1. The highest BCUT2D eigenvalue weighted by Gasteiger charge is 2.27. The number of benzene rings is 1. The topological polar surface area (TPSA) is 106 Å². The van der Waals surface area contributed by atoms with Crippen molar-refractivity contribution in [2.24, 2.45) is 7.05 Å². The lowest BCUT2D eigenvalue weighted by Crippen LogP contribution is -2.53. The van der Waals surface area contributed by atoms with E-state index in [1.165, 1.54) is 22.9 Å². The minimum absolute atomic E-state index is 0.0483. The van der Waals surface area contributed by atoms with Gasteiger partial charge in [0.2, 0.25) is 11.8 Å². The van der Waals surface area contributed by atoms with Gasteiger partial charge in [0.15, 0.2) is 5.82 Å². The summed E-state index contributed by atoms with van der Waals surface area (Å²) in [7, 11) is 1.69.